The Hall–Kier alpha value is -2.85. The van der Waals surface area contributed by atoms with Crippen molar-refractivity contribution in [3.8, 4) is 6.07 Å². The van der Waals surface area contributed by atoms with E-state index in [4.69, 9.17) is 23.1 Å². The lowest BCUT2D eigenvalue weighted by atomic mass is 9.98. The number of hydrogen-bond donors (Lipinski definition) is 1. The summed E-state index contributed by atoms with van der Waals surface area (Å²) in [7, 11) is -4.15. The second-order valence-corrected chi connectivity index (χ2v) is 10.7. The molecule has 10 nitrogen and oxygen atoms in total. The lowest BCUT2D eigenvalue weighted by molar-refractivity contribution is -0.294. The van der Waals surface area contributed by atoms with E-state index in [1.807, 2.05) is 13.0 Å². The number of fused-ring (bicyclic) bond motifs is 1. The first kappa shape index (κ1) is 26.2. The number of aliphatic hydroxyl groups excluding tert-OH is 1. The Morgan fingerprint density at radius 1 is 1.14 bits per heavy atom. The zero-order valence-corrected chi connectivity index (χ0v) is 20.8. The molecule has 4 rings (SSSR count). The first-order valence-corrected chi connectivity index (χ1v) is 12.7. The predicted molar refractivity (Wildman–Crippen MR) is 124 cm³/mol. The Morgan fingerprint density at radius 2 is 1.81 bits per heavy atom. The highest BCUT2D eigenvalue weighted by molar-refractivity contribution is 7.86. The van der Waals surface area contributed by atoms with E-state index < -0.39 is 58.7 Å². The van der Waals surface area contributed by atoms with Gasteiger partial charge in [0, 0.05) is 0 Å². The molecule has 2 saturated heterocycles. The Bertz CT molecular complexity index is 1240. The second kappa shape index (κ2) is 9.89. The summed E-state index contributed by atoms with van der Waals surface area (Å²) in [6.45, 7) is 4.43. The molecule has 2 fully saturated rings. The Kier molecular flexibility index (Phi) is 7.21. The quantitative estimate of drug-likeness (QED) is 0.410. The Morgan fingerprint density at radius 3 is 2.44 bits per heavy atom. The summed E-state index contributed by atoms with van der Waals surface area (Å²) in [6.07, 6.45) is -5.45. The average molecular weight is 518 g/mol. The highest BCUT2D eigenvalue weighted by Gasteiger charge is 2.69. The molecule has 2 heterocycles. The minimum atomic E-state index is -4.15. The molecule has 0 aliphatic carbocycles. The van der Waals surface area contributed by atoms with E-state index in [9.17, 15) is 23.6 Å². The van der Waals surface area contributed by atoms with Gasteiger partial charge in [0.25, 0.3) is 10.1 Å². The van der Waals surface area contributed by atoms with Gasteiger partial charge in [0.2, 0.25) is 5.79 Å². The van der Waals surface area contributed by atoms with Crippen LogP contribution in [-0.2, 0) is 33.2 Å². The molecular weight excluding hydrogens is 490 g/mol. The molecule has 0 aromatic heterocycles. The van der Waals surface area contributed by atoms with Crippen LogP contribution in [0.5, 0.6) is 0 Å². The summed E-state index contributed by atoms with van der Waals surface area (Å²) >= 11 is 0. The zero-order chi connectivity index (χ0) is 26.1. The van der Waals surface area contributed by atoms with Gasteiger partial charge in [-0.1, -0.05) is 35.9 Å². The van der Waals surface area contributed by atoms with E-state index in [1.54, 1.807) is 56.3 Å². The van der Waals surface area contributed by atoms with Crippen molar-refractivity contribution in [2.24, 2.45) is 0 Å². The van der Waals surface area contributed by atoms with Gasteiger partial charge in [-0.2, -0.15) is 13.7 Å². The second-order valence-electron chi connectivity index (χ2n) is 9.08. The van der Waals surface area contributed by atoms with Crippen molar-refractivity contribution in [3.05, 3.63) is 65.7 Å². The molecule has 36 heavy (non-hydrogen) atoms. The van der Waals surface area contributed by atoms with Crippen LogP contribution in [0.1, 0.15) is 36.2 Å². The number of esters is 1. The van der Waals surface area contributed by atoms with Crippen LogP contribution in [-0.4, -0.2) is 62.1 Å². The summed E-state index contributed by atoms with van der Waals surface area (Å²) in [5, 5.41) is 20.5. The van der Waals surface area contributed by atoms with Crippen LogP contribution in [0.4, 0.5) is 0 Å². The fourth-order valence-corrected chi connectivity index (χ4v) is 5.18. The third-order valence-electron chi connectivity index (χ3n) is 5.92. The number of aliphatic hydroxyl groups is 1. The van der Waals surface area contributed by atoms with Crippen molar-refractivity contribution in [1.82, 2.24) is 0 Å². The van der Waals surface area contributed by atoms with E-state index in [2.05, 4.69) is 0 Å². The van der Waals surface area contributed by atoms with Gasteiger partial charge in [0.05, 0.1) is 29.6 Å². The van der Waals surface area contributed by atoms with Gasteiger partial charge < -0.3 is 24.1 Å². The maximum Gasteiger partial charge on any atom is 0.338 e. The van der Waals surface area contributed by atoms with Crippen molar-refractivity contribution < 1.29 is 41.4 Å². The molecule has 2 aliphatic rings. The van der Waals surface area contributed by atoms with E-state index in [0.717, 1.165) is 5.56 Å². The Labute approximate surface area is 209 Å². The predicted octanol–water partition coefficient (Wildman–Crippen LogP) is 2.45. The van der Waals surface area contributed by atoms with Crippen molar-refractivity contribution in [3.63, 3.8) is 0 Å². The molecular formula is C25H27NO9S. The fraction of sp³-hybridized carbons (Fsp3) is 0.440. The SMILES string of the molecule is Cc1ccc(S(=O)(=O)OC[C@@H]2O[C@@]3([C@@H](CC#N)OC(=O)c4ccccc4)OC(C)(C)O[C@H]3[C@@H]2O)cc1. The van der Waals surface area contributed by atoms with E-state index in [1.165, 1.54) is 12.1 Å². The molecule has 2 aromatic carbocycles. The minimum Gasteiger partial charge on any atom is -0.452 e. The monoisotopic (exact) mass is 517 g/mol. The molecule has 11 heteroatoms. The first-order valence-electron chi connectivity index (χ1n) is 11.3. The average Bonchev–Trinajstić information content (AvgIpc) is 3.26. The lowest BCUT2D eigenvalue weighted by Crippen LogP contribution is -2.52. The molecule has 0 amide bonds. The first-order chi connectivity index (χ1) is 17.0. The molecule has 0 spiro atoms. The molecule has 0 unspecified atom stereocenters. The van der Waals surface area contributed by atoms with Gasteiger partial charge in [-0.3, -0.25) is 4.18 Å². The van der Waals surface area contributed by atoms with Crippen LogP contribution in [0.3, 0.4) is 0 Å². The highest BCUT2D eigenvalue weighted by atomic mass is 32.2. The third kappa shape index (κ3) is 5.15. The standard InChI is InChI=1S/C25H27NO9S/c1-16-9-11-18(12-10-16)36(29,30)31-15-19-21(27)22-25(33-19,35-24(2,3)34-22)20(13-14-26)32-23(28)17-7-5-4-6-8-17/h4-12,19-22,27H,13,15H2,1-3H3/t19-,20+,21+,22-,25-/m0/s1. The number of hydrogen-bond acceptors (Lipinski definition) is 10. The van der Waals surface area contributed by atoms with Gasteiger partial charge >= 0.3 is 5.97 Å². The smallest absolute Gasteiger partial charge is 0.338 e. The number of benzene rings is 2. The van der Waals surface area contributed by atoms with E-state index in [0.29, 0.717) is 0 Å². The normalized spacial score (nSPS) is 27.7. The molecule has 2 aromatic rings. The molecule has 1 N–H and O–H groups in total. The van der Waals surface area contributed by atoms with Crippen LogP contribution < -0.4 is 0 Å². The van der Waals surface area contributed by atoms with Crippen molar-refractivity contribution >= 4 is 16.1 Å². The number of ether oxygens (including phenoxy) is 4. The van der Waals surface area contributed by atoms with Gasteiger partial charge in [-0.15, -0.1) is 0 Å². The molecule has 5 atom stereocenters. The van der Waals surface area contributed by atoms with Crippen molar-refractivity contribution in [1.29, 1.82) is 5.26 Å². The van der Waals surface area contributed by atoms with E-state index in [-0.39, 0.29) is 16.9 Å². The summed E-state index contributed by atoms with van der Waals surface area (Å²) < 4.78 is 53.9. The summed E-state index contributed by atoms with van der Waals surface area (Å²) in [6, 6.07) is 16.2. The van der Waals surface area contributed by atoms with Crippen molar-refractivity contribution in [2.45, 2.75) is 68.1 Å². The number of aryl methyl sites for hydroxylation is 1. The van der Waals surface area contributed by atoms with Gasteiger partial charge in [-0.05, 0) is 45.0 Å². The Balaban J connectivity index is 1.57. The number of nitrogens with zero attached hydrogens (tertiary/aromatic N) is 1. The summed E-state index contributed by atoms with van der Waals surface area (Å²) in [4.78, 5) is 12.7. The number of carbonyl (C=O) groups excluding carboxylic acids is 1. The molecule has 0 radical (unpaired) electrons. The summed E-state index contributed by atoms with van der Waals surface area (Å²) in [5.41, 5.74) is 1.12. The summed E-state index contributed by atoms with van der Waals surface area (Å²) in [5.74, 6) is -3.85. The van der Waals surface area contributed by atoms with Crippen LogP contribution in [0.25, 0.3) is 0 Å². The third-order valence-corrected chi connectivity index (χ3v) is 7.22. The molecule has 2 aliphatic heterocycles. The lowest BCUT2D eigenvalue weighted by Gasteiger charge is -2.34. The van der Waals surface area contributed by atoms with Gasteiger partial charge in [0.1, 0.15) is 18.3 Å². The molecule has 192 valence electrons. The van der Waals surface area contributed by atoms with Crippen molar-refractivity contribution in [2.75, 3.05) is 6.61 Å². The minimum absolute atomic E-state index is 0.0525. The van der Waals surface area contributed by atoms with Gasteiger partial charge in [0.15, 0.2) is 11.9 Å². The maximum atomic E-state index is 12.8. The largest absolute Gasteiger partial charge is 0.452 e. The number of carbonyl (C=O) groups is 1. The molecule has 0 bridgehead atoms. The number of nitriles is 1. The topological polar surface area (TPSA) is 141 Å². The number of rotatable bonds is 8. The van der Waals surface area contributed by atoms with Crippen LogP contribution >= 0.6 is 0 Å². The van der Waals surface area contributed by atoms with Crippen LogP contribution in [0, 0.1) is 18.3 Å². The maximum absolute atomic E-state index is 12.8. The van der Waals surface area contributed by atoms with Crippen LogP contribution in [0.2, 0.25) is 0 Å². The fourth-order valence-electron chi connectivity index (χ4n) is 4.26. The highest BCUT2D eigenvalue weighted by Crippen LogP contribution is 2.49. The zero-order valence-electron chi connectivity index (χ0n) is 20.0. The van der Waals surface area contributed by atoms with Gasteiger partial charge in [-0.25, -0.2) is 4.79 Å². The van der Waals surface area contributed by atoms with E-state index >= 15 is 0 Å². The van der Waals surface area contributed by atoms with Crippen LogP contribution in [0.15, 0.2) is 59.5 Å². The molecule has 0 saturated carbocycles.